The third-order valence-electron chi connectivity index (χ3n) is 3.09. The molecule has 1 heterocycles. The maximum absolute atomic E-state index is 5.42. The van der Waals surface area contributed by atoms with Crippen LogP contribution in [0.4, 0.5) is 0 Å². The fourth-order valence-corrected chi connectivity index (χ4v) is 2.18. The monoisotopic (exact) mass is 245 g/mol. The molecule has 1 unspecified atom stereocenters. The quantitative estimate of drug-likeness (QED) is 0.878. The van der Waals surface area contributed by atoms with Crippen LogP contribution in [0.1, 0.15) is 24.4 Å². The largest absolute Gasteiger partial charge is 0.496 e. The fraction of sp³-hybridized carbons (Fsp3) is 0.357. The molecular weight excluding hydrogens is 226 g/mol. The second kappa shape index (κ2) is 5.69. The van der Waals surface area contributed by atoms with E-state index in [1.54, 1.807) is 7.11 Å². The zero-order chi connectivity index (χ0) is 13.0. The van der Waals surface area contributed by atoms with E-state index in [0.29, 0.717) is 0 Å². The minimum atomic E-state index is 0.0381. The standard InChI is InChI=1S/C14H19N3O/c1-4-17-10-9-16-14(17)13(15-2)11-7-5-6-8-12(11)18-3/h5-10,13,15H,4H2,1-3H3. The Kier molecular flexibility index (Phi) is 3.99. The second-order valence-corrected chi connectivity index (χ2v) is 4.04. The summed E-state index contributed by atoms with van der Waals surface area (Å²) in [4.78, 5) is 4.45. The number of nitrogens with one attached hydrogen (secondary N) is 1. The zero-order valence-corrected chi connectivity index (χ0v) is 11.1. The molecule has 0 amide bonds. The summed E-state index contributed by atoms with van der Waals surface area (Å²) in [7, 11) is 3.63. The number of rotatable bonds is 5. The molecule has 0 aliphatic heterocycles. The van der Waals surface area contributed by atoms with E-state index >= 15 is 0 Å². The molecule has 1 aromatic carbocycles. The summed E-state index contributed by atoms with van der Waals surface area (Å²) in [6, 6.07) is 8.06. The Morgan fingerprint density at radius 3 is 2.83 bits per heavy atom. The lowest BCUT2D eigenvalue weighted by molar-refractivity contribution is 0.403. The molecule has 2 rings (SSSR count). The van der Waals surface area contributed by atoms with Gasteiger partial charge >= 0.3 is 0 Å². The van der Waals surface area contributed by atoms with Crippen molar-refractivity contribution >= 4 is 0 Å². The summed E-state index contributed by atoms with van der Waals surface area (Å²) in [5, 5.41) is 3.31. The van der Waals surface area contributed by atoms with Gasteiger partial charge in [-0.2, -0.15) is 0 Å². The lowest BCUT2D eigenvalue weighted by Gasteiger charge is -2.19. The number of aryl methyl sites for hydroxylation is 1. The Balaban J connectivity index is 2.45. The molecule has 0 spiro atoms. The van der Waals surface area contributed by atoms with Crippen molar-refractivity contribution in [2.75, 3.05) is 14.2 Å². The van der Waals surface area contributed by atoms with Crippen molar-refractivity contribution < 1.29 is 4.74 Å². The Hall–Kier alpha value is -1.81. The summed E-state index contributed by atoms with van der Waals surface area (Å²) in [5.74, 6) is 1.88. The van der Waals surface area contributed by atoms with Crippen LogP contribution in [0.15, 0.2) is 36.7 Å². The molecule has 0 aliphatic rings. The van der Waals surface area contributed by atoms with Gasteiger partial charge in [-0.1, -0.05) is 18.2 Å². The van der Waals surface area contributed by atoms with Crippen molar-refractivity contribution in [3.63, 3.8) is 0 Å². The summed E-state index contributed by atoms with van der Waals surface area (Å²) in [5.41, 5.74) is 1.10. The van der Waals surface area contributed by atoms with E-state index in [1.165, 1.54) is 0 Å². The average Bonchev–Trinajstić information content (AvgIpc) is 2.88. The van der Waals surface area contributed by atoms with E-state index in [0.717, 1.165) is 23.7 Å². The summed E-state index contributed by atoms with van der Waals surface area (Å²) in [6.07, 6.45) is 3.83. The lowest BCUT2D eigenvalue weighted by atomic mass is 10.1. The van der Waals surface area contributed by atoms with Gasteiger partial charge in [-0.25, -0.2) is 4.98 Å². The predicted octanol–water partition coefficient (Wildman–Crippen LogP) is 2.22. The molecule has 0 saturated heterocycles. The van der Waals surface area contributed by atoms with Crippen molar-refractivity contribution in [1.29, 1.82) is 0 Å². The molecular formula is C14H19N3O. The second-order valence-electron chi connectivity index (χ2n) is 4.04. The highest BCUT2D eigenvalue weighted by atomic mass is 16.5. The van der Waals surface area contributed by atoms with Crippen molar-refractivity contribution in [1.82, 2.24) is 14.9 Å². The Morgan fingerprint density at radius 1 is 1.39 bits per heavy atom. The van der Waals surface area contributed by atoms with Crippen molar-refractivity contribution in [3.05, 3.63) is 48.0 Å². The number of hydrogen-bond acceptors (Lipinski definition) is 3. The van der Waals surface area contributed by atoms with Gasteiger partial charge in [0.15, 0.2) is 0 Å². The van der Waals surface area contributed by atoms with Crippen molar-refractivity contribution in [3.8, 4) is 5.75 Å². The van der Waals surface area contributed by atoms with Crippen LogP contribution in [0.3, 0.4) is 0 Å². The Labute approximate surface area is 108 Å². The third-order valence-corrected chi connectivity index (χ3v) is 3.09. The molecule has 0 bridgehead atoms. The van der Waals surface area contributed by atoms with Gasteiger partial charge in [0.25, 0.3) is 0 Å². The number of imidazole rings is 1. The van der Waals surface area contributed by atoms with Crippen LogP contribution in [0.25, 0.3) is 0 Å². The minimum absolute atomic E-state index is 0.0381. The zero-order valence-electron chi connectivity index (χ0n) is 11.1. The first-order valence-electron chi connectivity index (χ1n) is 6.13. The van der Waals surface area contributed by atoms with Gasteiger partial charge in [0.2, 0.25) is 0 Å². The molecule has 0 aliphatic carbocycles. The average molecular weight is 245 g/mol. The molecule has 2 aromatic rings. The maximum Gasteiger partial charge on any atom is 0.130 e. The highest BCUT2D eigenvalue weighted by Gasteiger charge is 2.20. The number of aromatic nitrogens is 2. The predicted molar refractivity (Wildman–Crippen MR) is 71.8 cm³/mol. The van der Waals surface area contributed by atoms with Gasteiger partial charge in [0.05, 0.1) is 13.2 Å². The van der Waals surface area contributed by atoms with E-state index in [1.807, 2.05) is 37.6 Å². The first kappa shape index (κ1) is 12.6. The molecule has 96 valence electrons. The third kappa shape index (κ3) is 2.24. The van der Waals surface area contributed by atoms with E-state index in [-0.39, 0.29) is 6.04 Å². The summed E-state index contributed by atoms with van der Waals surface area (Å²) < 4.78 is 7.56. The molecule has 1 aromatic heterocycles. The van der Waals surface area contributed by atoms with Crippen LogP contribution in [0.2, 0.25) is 0 Å². The number of hydrogen-bond donors (Lipinski definition) is 1. The normalized spacial score (nSPS) is 12.4. The molecule has 4 heteroatoms. The van der Waals surface area contributed by atoms with Crippen LogP contribution < -0.4 is 10.1 Å². The molecule has 1 N–H and O–H groups in total. The van der Waals surface area contributed by atoms with Crippen LogP contribution in [-0.4, -0.2) is 23.7 Å². The van der Waals surface area contributed by atoms with Crippen LogP contribution in [0, 0.1) is 0 Å². The van der Waals surface area contributed by atoms with Gasteiger partial charge in [-0.15, -0.1) is 0 Å². The number of nitrogens with zero attached hydrogens (tertiary/aromatic N) is 2. The first-order valence-corrected chi connectivity index (χ1v) is 6.13. The van der Waals surface area contributed by atoms with Gasteiger partial charge in [-0.05, 0) is 20.0 Å². The SMILES string of the molecule is CCn1ccnc1C(NC)c1ccccc1OC. The van der Waals surface area contributed by atoms with Crippen LogP contribution in [0.5, 0.6) is 5.75 Å². The number of ether oxygens (including phenoxy) is 1. The van der Waals surface area contributed by atoms with Crippen LogP contribution in [-0.2, 0) is 6.54 Å². The van der Waals surface area contributed by atoms with Crippen molar-refractivity contribution in [2.45, 2.75) is 19.5 Å². The number of benzene rings is 1. The molecule has 0 radical (unpaired) electrons. The minimum Gasteiger partial charge on any atom is -0.496 e. The lowest BCUT2D eigenvalue weighted by Crippen LogP contribution is -2.22. The molecule has 1 atom stereocenters. The topological polar surface area (TPSA) is 39.1 Å². The molecule has 0 fully saturated rings. The Bertz CT molecular complexity index is 507. The van der Waals surface area contributed by atoms with E-state index in [9.17, 15) is 0 Å². The Morgan fingerprint density at radius 2 is 2.17 bits per heavy atom. The van der Waals surface area contributed by atoms with Crippen LogP contribution >= 0.6 is 0 Å². The number of methoxy groups -OCH3 is 1. The maximum atomic E-state index is 5.42. The van der Waals surface area contributed by atoms with E-state index in [2.05, 4.69) is 27.9 Å². The number of para-hydroxylation sites is 1. The fourth-order valence-electron chi connectivity index (χ4n) is 2.18. The summed E-state index contributed by atoms with van der Waals surface area (Å²) in [6.45, 7) is 3.02. The van der Waals surface area contributed by atoms with Crippen molar-refractivity contribution in [2.24, 2.45) is 0 Å². The molecule has 18 heavy (non-hydrogen) atoms. The van der Waals surface area contributed by atoms with E-state index < -0.39 is 0 Å². The van der Waals surface area contributed by atoms with Gasteiger partial charge in [-0.3, -0.25) is 0 Å². The highest BCUT2D eigenvalue weighted by Crippen LogP contribution is 2.28. The highest BCUT2D eigenvalue weighted by molar-refractivity contribution is 5.38. The van der Waals surface area contributed by atoms with E-state index in [4.69, 9.17) is 4.74 Å². The summed E-state index contributed by atoms with van der Waals surface area (Å²) >= 11 is 0. The van der Waals surface area contributed by atoms with Gasteiger partial charge < -0.3 is 14.6 Å². The smallest absolute Gasteiger partial charge is 0.130 e. The van der Waals surface area contributed by atoms with Gasteiger partial charge in [0.1, 0.15) is 11.6 Å². The molecule has 0 saturated carbocycles. The first-order chi connectivity index (χ1) is 8.81. The van der Waals surface area contributed by atoms with Gasteiger partial charge in [0, 0.05) is 24.5 Å². The molecule has 4 nitrogen and oxygen atoms in total.